The number of aromatic nitrogens is 2. The standard InChI is InChI=1S/C25H27BrN4O2S/c1-17(2)29(20-8-4-3-5-9-20)23(31)16-33-25-27-21-10-6-7-11-22(21)30(25)28-24(32)18-12-14-19(26)15-13-18/h3-5,8-9,12-15,17H,6-7,10-11,16H2,1-2H3,(H,28,32). The Bertz CT molecular complexity index is 1130. The predicted molar refractivity (Wildman–Crippen MR) is 136 cm³/mol. The molecule has 0 spiro atoms. The molecule has 6 nitrogen and oxygen atoms in total. The molecule has 172 valence electrons. The van der Waals surface area contributed by atoms with E-state index < -0.39 is 0 Å². The number of anilines is 1. The molecule has 2 amide bonds. The maximum Gasteiger partial charge on any atom is 0.270 e. The van der Waals surface area contributed by atoms with Crippen molar-refractivity contribution < 1.29 is 9.59 Å². The third kappa shape index (κ3) is 5.50. The van der Waals surface area contributed by atoms with Crippen LogP contribution in [0.25, 0.3) is 0 Å². The lowest BCUT2D eigenvalue weighted by atomic mass is 10.0. The molecule has 1 heterocycles. The molecule has 4 rings (SSSR count). The van der Waals surface area contributed by atoms with Crippen LogP contribution in [-0.4, -0.2) is 33.3 Å². The van der Waals surface area contributed by atoms with Crippen LogP contribution in [0.15, 0.2) is 64.2 Å². The first-order chi connectivity index (χ1) is 15.9. The van der Waals surface area contributed by atoms with Gasteiger partial charge in [-0.25, -0.2) is 9.66 Å². The van der Waals surface area contributed by atoms with Crippen LogP contribution < -0.4 is 10.3 Å². The van der Waals surface area contributed by atoms with E-state index in [1.165, 1.54) is 11.8 Å². The summed E-state index contributed by atoms with van der Waals surface area (Å²) in [5, 5.41) is 0.650. The number of carbonyl (C=O) groups excluding carboxylic acids is 2. The van der Waals surface area contributed by atoms with Gasteiger partial charge in [0, 0.05) is 21.8 Å². The highest BCUT2D eigenvalue weighted by Crippen LogP contribution is 2.28. The first-order valence-electron chi connectivity index (χ1n) is 11.1. The topological polar surface area (TPSA) is 67.2 Å². The molecule has 33 heavy (non-hydrogen) atoms. The van der Waals surface area contributed by atoms with Crippen LogP contribution in [0.3, 0.4) is 0 Å². The first-order valence-corrected chi connectivity index (χ1v) is 12.9. The number of hydrogen-bond donors (Lipinski definition) is 1. The minimum Gasteiger partial charge on any atom is -0.309 e. The van der Waals surface area contributed by atoms with Gasteiger partial charge in [0.2, 0.25) is 5.91 Å². The van der Waals surface area contributed by atoms with E-state index in [2.05, 4.69) is 21.4 Å². The van der Waals surface area contributed by atoms with Crippen molar-refractivity contribution >= 4 is 45.2 Å². The van der Waals surface area contributed by atoms with Gasteiger partial charge >= 0.3 is 0 Å². The Kier molecular flexibility index (Phi) is 7.55. The second-order valence-corrected chi connectivity index (χ2v) is 10.1. The Balaban J connectivity index is 1.55. The average molecular weight is 527 g/mol. The molecule has 1 N–H and O–H groups in total. The van der Waals surface area contributed by atoms with Crippen LogP contribution in [0.1, 0.15) is 48.4 Å². The van der Waals surface area contributed by atoms with E-state index in [1.807, 2.05) is 56.3 Å². The lowest BCUT2D eigenvalue weighted by molar-refractivity contribution is -0.116. The number of carbonyl (C=O) groups is 2. The Labute approximate surface area is 206 Å². The summed E-state index contributed by atoms with van der Waals surface area (Å²) in [5.41, 5.74) is 6.51. The van der Waals surface area contributed by atoms with E-state index >= 15 is 0 Å². The quantitative estimate of drug-likeness (QED) is 0.416. The minimum absolute atomic E-state index is 0.00737. The number of benzene rings is 2. The fraction of sp³-hybridized carbons (Fsp3) is 0.320. The molecule has 0 atom stereocenters. The normalized spacial score (nSPS) is 13.0. The molecule has 3 aromatic rings. The van der Waals surface area contributed by atoms with Crippen molar-refractivity contribution in [3.05, 3.63) is 76.0 Å². The summed E-state index contributed by atoms with van der Waals surface area (Å²) in [6.07, 6.45) is 3.90. The van der Waals surface area contributed by atoms with E-state index in [0.717, 1.165) is 47.2 Å². The van der Waals surface area contributed by atoms with Gasteiger partial charge in [-0.15, -0.1) is 0 Å². The zero-order chi connectivity index (χ0) is 23.4. The molecule has 1 aliphatic carbocycles. The number of rotatable bonds is 7. The Morgan fingerprint density at radius 2 is 1.79 bits per heavy atom. The van der Waals surface area contributed by atoms with Crippen LogP contribution in [0, 0.1) is 0 Å². The van der Waals surface area contributed by atoms with Crippen LogP contribution >= 0.6 is 27.7 Å². The summed E-state index contributed by atoms with van der Waals surface area (Å²) in [7, 11) is 0. The molecule has 1 aliphatic rings. The molecular formula is C25H27BrN4O2S. The smallest absolute Gasteiger partial charge is 0.270 e. The fourth-order valence-corrected chi connectivity index (χ4v) is 5.13. The van der Waals surface area contributed by atoms with E-state index in [0.29, 0.717) is 10.7 Å². The maximum atomic E-state index is 13.2. The van der Waals surface area contributed by atoms with Gasteiger partial charge in [0.1, 0.15) is 0 Å². The Hall–Kier alpha value is -2.58. The number of para-hydroxylation sites is 1. The van der Waals surface area contributed by atoms with Crippen LogP contribution in [0.5, 0.6) is 0 Å². The molecule has 1 aromatic heterocycles. The number of hydrogen-bond acceptors (Lipinski definition) is 4. The summed E-state index contributed by atoms with van der Waals surface area (Å²) < 4.78 is 2.71. The SMILES string of the molecule is CC(C)N(C(=O)CSc1nc2c(n1NC(=O)c1ccc(Br)cc1)CCCC2)c1ccccc1. The summed E-state index contributed by atoms with van der Waals surface area (Å²) in [4.78, 5) is 32.7. The lowest BCUT2D eigenvalue weighted by Crippen LogP contribution is -2.38. The molecule has 0 radical (unpaired) electrons. The summed E-state index contributed by atoms with van der Waals surface area (Å²) in [6.45, 7) is 4.02. The van der Waals surface area contributed by atoms with Crippen molar-refractivity contribution in [2.24, 2.45) is 0 Å². The molecule has 2 aromatic carbocycles. The third-order valence-corrected chi connectivity index (χ3v) is 7.02. The van der Waals surface area contributed by atoms with Gasteiger partial charge in [0.15, 0.2) is 5.16 Å². The largest absolute Gasteiger partial charge is 0.309 e. The Morgan fingerprint density at radius 1 is 1.09 bits per heavy atom. The zero-order valence-electron chi connectivity index (χ0n) is 18.8. The molecule has 0 fully saturated rings. The van der Waals surface area contributed by atoms with Crippen molar-refractivity contribution in [2.75, 3.05) is 16.1 Å². The van der Waals surface area contributed by atoms with Gasteiger partial charge in [-0.2, -0.15) is 0 Å². The molecule has 0 unspecified atom stereocenters. The minimum atomic E-state index is -0.199. The Morgan fingerprint density at radius 3 is 2.48 bits per heavy atom. The molecule has 8 heteroatoms. The highest BCUT2D eigenvalue weighted by atomic mass is 79.9. The fourth-order valence-electron chi connectivity index (χ4n) is 4.01. The third-order valence-electron chi connectivity index (χ3n) is 5.57. The number of imidazole rings is 1. The van der Waals surface area contributed by atoms with E-state index in [4.69, 9.17) is 4.98 Å². The van der Waals surface area contributed by atoms with Crippen LogP contribution in [-0.2, 0) is 17.6 Å². The van der Waals surface area contributed by atoms with Crippen molar-refractivity contribution in [3.63, 3.8) is 0 Å². The molecule has 0 aliphatic heterocycles. The number of thioether (sulfide) groups is 1. The first kappa shape index (κ1) is 23.6. The van der Waals surface area contributed by atoms with Crippen LogP contribution in [0.2, 0.25) is 0 Å². The highest BCUT2D eigenvalue weighted by molar-refractivity contribution is 9.10. The molecule has 0 saturated carbocycles. The van der Waals surface area contributed by atoms with Gasteiger partial charge in [0.05, 0.1) is 17.1 Å². The summed E-state index contributed by atoms with van der Waals surface area (Å²) >= 11 is 4.77. The lowest BCUT2D eigenvalue weighted by Gasteiger charge is -2.26. The molecular weight excluding hydrogens is 500 g/mol. The van der Waals surface area contributed by atoms with E-state index in [1.54, 1.807) is 21.7 Å². The second kappa shape index (κ2) is 10.6. The highest BCUT2D eigenvalue weighted by Gasteiger charge is 2.24. The van der Waals surface area contributed by atoms with Gasteiger partial charge in [-0.1, -0.05) is 45.9 Å². The van der Waals surface area contributed by atoms with E-state index in [-0.39, 0.29) is 23.6 Å². The number of amides is 2. The van der Waals surface area contributed by atoms with Crippen molar-refractivity contribution in [1.29, 1.82) is 0 Å². The average Bonchev–Trinajstić information content (AvgIpc) is 3.16. The predicted octanol–water partition coefficient (Wildman–Crippen LogP) is 5.44. The number of nitrogens with zero attached hydrogens (tertiary/aromatic N) is 3. The van der Waals surface area contributed by atoms with Crippen molar-refractivity contribution in [1.82, 2.24) is 9.66 Å². The summed E-state index contributed by atoms with van der Waals surface area (Å²) in [5.74, 6) is 0.0411. The molecule has 0 saturated heterocycles. The van der Waals surface area contributed by atoms with Gasteiger partial charge in [-0.05, 0) is 75.9 Å². The zero-order valence-corrected chi connectivity index (χ0v) is 21.2. The number of fused-ring (bicyclic) bond motifs is 1. The number of aryl methyl sites for hydroxylation is 1. The monoisotopic (exact) mass is 526 g/mol. The van der Waals surface area contributed by atoms with Crippen LogP contribution in [0.4, 0.5) is 5.69 Å². The van der Waals surface area contributed by atoms with E-state index in [9.17, 15) is 9.59 Å². The number of nitrogens with one attached hydrogen (secondary N) is 1. The van der Waals surface area contributed by atoms with Crippen molar-refractivity contribution in [2.45, 2.75) is 50.7 Å². The number of halogens is 1. The van der Waals surface area contributed by atoms with Crippen molar-refractivity contribution in [3.8, 4) is 0 Å². The van der Waals surface area contributed by atoms with Gasteiger partial charge in [0.25, 0.3) is 5.91 Å². The second-order valence-electron chi connectivity index (χ2n) is 8.26. The summed E-state index contributed by atoms with van der Waals surface area (Å²) in [6, 6.07) is 17.0. The maximum absolute atomic E-state index is 13.2. The van der Waals surface area contributed by atoms with Gasteiger partial charge < -0.3 is 4.90 Å². The van der Waals surface area contributed by atoms with Gasteiger partial charge in [-0.3, -0.25) is 15.0 Å². The molecule has 0 bridgehead atoms.